The molecule has 1 aromatic carbocycles. The first kappa shape index (κ1) is 13.9. The fraction of sp³-hybridized carbons (Fsp3) is 0.455. The molecular weight excluding hydrogens is 275 g/mol. The Labute approximate surface area is 109 Å². The monoisotopic (exact) mass is 288 g/mol. The quantitative estimate of drug-likeness (QED) is 0.611. The topological polar surface area (TPSA) is 80.5 Å². The summed E-state index contributed by atoms with van der Waals surface area (Å²) in [6, 6.07) is 4.02. The number of nitro groups is 1. The Kier molecular flexibility index (Phi) is 3.81. The summed E-state index contributed by atoms with van der Waals surface area (Å²) in [4.78, 5) is 11.6. The number of hydrogen-bond donors (Lipinski definition) is 0. The lowest BCUT2D eigenvalue weighted by Gasteiger charge is -2.26. The molecule has 0 saturated carbocycles. The molecule has 0 bridgehead atoms. The lowest BCUT2D eigenvalue weighted by atomic mass is 10.1. The maximum absolute atomic E-state index is 13.8. The number of rotatable bonds is 3. The second kappa shape index (κ2) is 5.22. The van der Waals surface area contributed by atoms with E-state index in [1.54, 1.807) is 4.90 Å². The zero-order valence-electron chi connectivity index (χ0n) is 10.1. The molecule has 0 unspecified atom stereocenters. The van der Waals surface area contributed by atoms with Crippen molar-refractivity contribution in [2.45, 2.75) is 6.54 Å². The van der Waals surface area contributed by atoms with Crippen LogP contribution in [0.1, 0.15) is 5.56 Å². The number of nitro benzene ring substituents is 1. The van der Waals surface area contributed by atoms with Crippen molar-refractivity contribution in [2.75, 3.05) is 24.6 Å². The third kappa shape index (κ3) is 3.27. The van der Waals surface area contributed by atoms with Crippen LogP contribution in [0.4, 0.5) is 10.1 Å². The summed E-state index contributed by atoms with van der Waals surface area (Å²) in [5.41, 5.74) is -0.337. The van der Waals surface area contributed by atoms with Gasteiger partial charge in [-0.05, 0) is 0 Å². The van der Waals surface area contributed by atoms with E-state index in [4.69, 9.17) is 0 Å². The number of nitrogens with zero attached hydrogens (tertiary/aromatic N) is 2. The fourth-order valence-corrected chi connectivity index (χ4v) is 3.26. The SMILES string of the molecule is O=[N+]([O-])c1cccc(CN2CCS(=O)(=O)CC2)c1F. The summed E-state index contributed by atoms with van der Waals surface area (Å²) in [7, 11) is -2.98. The van der Waals surface area contributed by atoms with E-state index in [-0.39, 0.29) is 23.6 Å². The van der Waals surface area contributed by atoms with Gasteiger partial charge in [0.05, 0.1) is 16.4 Å². The van der Waals surface area contributed by atoms with Gasteiger partial charge in [0.2, 0.25) is 5.82 Å². The molecule has 104 valence electrons. The predicted molar refractivity (Wildman–Crippen MR) is 67.0 cm³/mol. The molecule has 0 amide bonds. The Balaban J connectivity index is 2.12. The molecule has 8 heteroatoms. The Bertz CT molecular complexity index is 589. The van der Waals surface area contributed by atoms with E-state index in [9.17, 15) is 22.9 Å². The number of hydrogen-bond acceptors (Lipinski definition) is 5. The van der Waals surface area contributed by atoms with Crippen LogP contribution >= 0.6 is 0 Å². The molecule has 1 aliphatic rings. The Hall–Kier alpha value is -1.54. The van der Waals surface area contributed by atoms with Crippen molar-refractivity contribution in [1.29, 1.82) is 0 Å². The average Bonchev–Trinajstić information content (AvgIpc) is 2.34. The highest BCUT2D eigenvalue weighted by Gasteiger charge is 2.24. The Morgan fingerprint density at radius 3 is 2.53 bits per heavy atom. The van der Waals surface area contributed by atoms with E-state index >= 15 is 0 Å². The standard InChI is InChI=1S/C11H13FN2O4S/c12-11-9(2-1-3-10(11)14(15)16)8-13-4-6-19(17,18)7-5-13/h1-3H,4-8H2. The lowest BCUT2D eigenvalue weighted by Crippen LogP contribution is -2.39. The van der Waals surface area contributed by atoms with Gasteiger partial charge in [-0.15, -0.1) is 0 Å². The van der Waals surface area contributed by atoms with Gasteiger partial charge in [-0.2, -0.15) is 4.39 Å². The third-order valence-corrected chi connectivity index (χ3v) is 4.70. The highest BCUT2D eigenvalue weighted by molar-refractivity contribution is 7.91. The Morgan fingerprint density at radius 1 is 1.32 bits per heavy atom. The van der Waals surface area contributed by atoms with Crippen LogP contribution in [-0.2, 0) is 16.4 Å². The molecule has 0 aromatic heterocycles. The molecule has 0 aliphatic carbocycles. The normalized spacial score (nSPS) is 19.2. The predicted octanol–water partition coefficient (Wildman–Crippen LogP) is 0.964. The van der Waals surface area contributed by atoms with Crippen molar-refractivity contribution >= 4 is 15.5 Å². The van der Waals surface area contributed by atoms with Crippen molar-refractivity contribution in [2.24, 2.45) is 0 Å². The van der Waals surface area contributed by atoms with Crippen LogP contribution in [-0.4, -0.2) is 42.8 Å². The van der Waals surface area contributed by atoms with Gasteiger partial charge in [-0.3, -0.25) is 15.0 Å². The molecule has 2 rings (SSSR count). The van der Waals surface area contributed by atoms with E-state index in [0.717, 1.165) is 6.07 Å². The van der Waals surface area contributed by atoms with E-state index in [0.29, 0.717) is 13.1 Å². The first-order chi connectivity index (χ1) is 8.89. The van der Waals surface area contributed by atoms with Crippen molar-refractivity contribution in [3.8, 4) is 0 Å². The van der Waals surface area contributed by atoms with Crippen LogP contribution in [0.15, 0.2) is 18.2 Å². The van der Waals surface area contributed by atoms with Gasteiger partial charge in [0, 0.05) is 31.3 Å². The van der Waals surface area contributed by atoms with Crippen LogP contribution in [0.2, 0.25) is 0 Å². The molecule has 1 fully saturated rings. The zero-order valence-corrected chi connectivity index (χ0v) is 10.9. The minimum absolute atomic E-state index is 0.0452. The van der Waals surface area contributed by atoms with Gasteiger partial charge >= 0.3 is 5.69 Å². The molecule has 19 heavy (non-hydrogen) atoms. The molecule has 0 radical (unpaired) electrons. The maximum atomic E-state index is 13.8. The number of halogens is 1. The average molecular weight is 288 g/mol. The van der Waals surface area contributed by atoms with Crippen LogP contribution in [0.3, 0.4) is 0 Å². The molecule has 1 saturated heterocycles. The van der Waals surface area contributed by atoms with E-state index in [1.807, 2.05) is 0 Å². The third-order valence-electron chi connectivity index (χ3n) is 3.09. The van der Waals surface area contributed by atoms with Gasteiger partial charge in [0.15, 0.2) is 9.84 Å². The highest BCUT2D eigenvalue weighted by atomic mass is 32.2. The first-order valence-corrected chi connectivity index (χ1v) is 7.56. The van der Waals surface area contributed by atoms with Crippen LogP contribution in [0.25, 0.3) is 0 Å². The summed E-state index contributed by atoms with van der Waals surface area (Å²) < 4.78 is 36.4. The molecule has 0 spiro atoms. The minimum atomic E-state index is -2.98. The largest absolute Gasteiger partial charge is 0.305 e. The maximum Gasteiger partial charge on any atom is 0.305 e. The Morgan fingerprint density at radius 2 is 1.95 bits per heavy atom. The molecular formula is C11H13FN2O4S. The lowest BCUT2D eigenvalue weighted by molar-refractivity contribution is -0.387. The smallest absolute Gasteiger partial charge is 0.297 e. The van der Waals surface area contributed by atoms with E-state index < -0.39 is 26.3 Å². The van der Waals surface area contributed by atoms with Crippen LogP contribution in [0, 0.1) is 15.9 Å². The fourth-order valence-electron chi connectivity index (χ4n) is 1.98. The molecule has 1 heterocycles. The minimum Gasteiger partial charge on any atom is -0.297 e. The highest BCUT2D eigenvalue weighted by Crippen LogP contribution is 2.21. The summed E-state index contributed by atoms with van der Waals surface area (Å²) in [6.07, 6.45) is 0. The molecule has 1 aliphatic heterocycles. The van der Waals surface area contributed by atoms with Crippen molar-refractivity contribution in [1.82, 2.24) is 4.90 Å². The summed E-state index contributed by atoms with van der Waals surface area (Å²) in [6.45, 7) is 0.831. The van der Waals surface area contributed by atoms with Gasteiger partial charge in [0.25, 0.3) is 0 Å². The number of benzene rings is 1. The van der Waals surface area contributed by atoms with Gasteiger partial charge in [-0.1, -0.05) is 12.1 Å². The number of sulfone groups is 1. The van der Waals surface area contributed by atoms with Gasteiger partial charge in [0.1, 0.15) is 0 Å². The molecule has 0 atom stereocenters. The summed E-state index contributed by atoms with van der Waals surface area (Å²) >= 11 is 0. The van der Waals surface area contributed by atoms with E-state index in [2.05, 4.69) is 0 Å². The molecule has 1 aromatic rings. The second-order valence-electron chi connectivity index (χ2n) is 4.44. The van der Waals surface area contributed by atoms with Gasteiger partial charge < -0.3 is 0 Å². The molecule has 6 nitrogen and oxygen atoms in total. The van der Waals surface area contributed by atoms with Crippen LogP contribution < -0.4 is 0 Å². The van der Waals surface area contributed by atoms with Crippen molar-refractivity contribution in [3.05, 3.63) is 39.7 Å². The van der Waals surface area contributed by atoms with Crippen molar-refractivity contribution in [3.63, 3.8) is 0 Å². The van der Waals surface area contributed by atoms with Crippen molar-refractivity contribution < 1.29 is 17.7 Å². The van der Waals surface area contributed by atoms with Crippen LogP contribution in [0.5, 0.6) is 0 Å². The summed E-state index contributed by atoms with van der Waals surface area (Å²) in [5.74, 6) is -0.756. The van der Waals surface area contributed by atoms with E-state index in [1.165, 1.54) is 12.1 Å². The molecule has 0 N–H and O–H groups in total. The first-order valence-electron chi connectivity index (χ1n) is 5.73. The van der Waals surface area contributed by atoms with Gasteiger partial charge in [-0.25, -0.2) is 8.42 Å². The second-order valence-corrected chi connectivity index (χ2v) is 6.74. The summed E-state index contributed by atoms with van der Waals surface area (Å²) in [5, 5.41) is 10.6. The zero-order chi connectivity index (χ0) is 14.0.